The lowest BCUT2D eigenvalue weighted by Gasteiger charge is -2.14. The molecule has 1 aliphatic carbocycles. The zero-order valence-corrected chi connectivity index (χ0v) is 14.2. The van der Waals surface area contributed by atoms with E-state index in [4.69, 9.17) is 9.47 Å². The largest absolute Gasteiger partial charge is 0.497 e. The molecule has 23 heavy (non-hydrogen) atoms. The Bertz CT molecular complexity index is 633. The minimum Gasteiger partial charge on any atom is -0.497 e. The average Bonchev–Trinajstić information content (AvgIpc) is 3.33. The van der Waals surface area contributed by atoms with Gasteiger partial charge in [-0.05, 0) is 30.5 Å². The highest BCUT2D eigenvalue weighted by Crippen LogP contribution is 2.41. The predicted octanol–water partition coefficient (Wildman–Crippen LogP) is 2.86. The van der Waals surface area contributed by atoms with Crippen LogP contribution in [0.5, 0.6) is 11.5 Å². The van der Waals surface area contributed by atoms with Gasteiger partial charge in [-0.1, -0.05) is 0 Å². The number of methoxy groups -OCH3 is 2. The fourth-order valence-corrected chi connectivity index (χ4v) is 3.39. The summed E-state index contributed by atoms with van der Waals surface area (Å²) in [6.45, 7) is 1.12. The van der Waals surface area contributed by atoms with Gasteiger partial charge in [0.2, 0.25) is 0 Å². The first-order chi connectivity index (χ1) is 11.2. The summed E-state index contributed by atoms with van der Waals surface area (Å²) in [7, 11) is 3.20. The SMILES string of the molecule is COc1cc(OC)cc(C(O)CNCc2csc(C3CC3)n2)c1. The number of benzene rings is 1. The molecule has 5 nitrogen and oxygen atoms in total. The van der Waals surface area contributed by atoms with Crippen LogP contribution in [0.2, 0.25) is 0 Å². The van der Waals surface area contributed by atoms with Crippen molar-refractivity contribution in [2.45, 2.75) is 31.4 Å². The van der Waals surface area contributed by atoms with Gasteiger partial charge in [-0.2, -0.15) is 0 Å². The van der Waals surface area contributed by atoms with Gasteiger partial charge in [0.1, 0.15) is 11.5 Å². The fourth-order valence-electron chi connectivity index (χ4n) is 2.40. The molecule has 0 aliphatic heterocycles. The van der Waals surface area contributed by atoms with E-state index in [1.165, 1.54) is 17.8 Å². The van der Waals surface area contributed by atoms with E-state index in [1.54, 1.807) is 31.6 Å². The smallest absolute Gasteiger partial charge is 0.122 e. The number of hydrogen-bond donors (Lipinski definition) is 2. The van der Waals surface area contributed by atoms with E-state index in [9.17, 15) is 5.11 Å². The lowest BCUT2D eigenvalue weighted by molar-refractivity contribution is 0.173. The lowest BCUT2D eigenvalue weighted by atomic mass is 10.1. The van der Waals surface area contributed by atoms with E-state index in [1.807, 2.05) is 12.1 Å². The van der Waals surface area contributed by atoms with E-state index in [-0.39, 0.29) is 0 Å². The molecule has 0 amide bonds. The molecular formula is C17H22N2O3S. The third-order valence-corrected chi connectivity index (χ3v) is 4.95. The maximum atomic E-state index is 10.4. The Labute approximate surface area is 140 Å². The molecule has 2 aromatic rings. The summed E-state index contributed by atoms with van der Waals surface area (Å²) in [6, 6.07) is 5.43. The molecule has 0 radical (unpaired) electrons. The van der Waals surface area contributed by atoms with Crippen LogP contribution in [0.25, 0.3) is 0 Å². The molecule has 0 saturated heterocycles. The molecule has 0 spiro atoms. The van der Waals surface area contributed by atoms with Crippen LogP contribution < -0.4 is 14.8 Å². The van der Waals surface area contributed by atoms with Crippen LogP contribution in [0, 0.1) is 0 Å². The van der Waals surface area contributed by atoms with E-state index < -0.39 is 6.10 Å². The van der Waals surface area contributed by atoms with E-state index in [0.29, 0.717) is 30.5 Å². The Morgan fingerprint density at radius 3 is 2.57 bits per heavy atom. The zero-order valence-electron chi connectivity index (χ0n) is 13.4. The molecular weight excluding hydrogens is 312 g/mol. The summed E-state index contributed by atoms with van der Waals surface area (Å²) >= 11 is 1.74. The number of thiazole rings is 1. The molecule has 1 aromatic heterocycles. The minimum absolute atomic E-state index is 0.451. The maximum Gasteiger partial charge on any atom is 0.122 e. The molecule has 0 bridgehead atoms. The molecule has 124 valence electrons. The Hall–Kier alpha value is -1.63. The molecule has 1 unspecified atom stereocenters. The van der Waals surface area contributed by atoms with Gasteiger partial charge in [0.05, 0.1) is 31.0 Å². The quantitative estimate of drug-likeness (QED) is 0.777. The third kappa shape index (κ3) is 4.22. The van der Waals surface area contributed by atoms with Gasteiger partial charge < -0.3 is 19.9 Å². The topological polar surface area (TPSA) is 63.6 Å². The summed E-state index contributed by atoms with van der Waals surface area (Å²) in [4.78, 5) is 4.63. The first-order valence-electron chi connectivity index (χ1n) is 7.75. The van der Waals surface area contributed by atoms with Gasteiger partial charge in [0.15, 0.2) is 0 Å². The second-order valence-electron chi connectivity index (χ2n) is 5.74. The number of ether oxygens (including phenoxy) is 2. The monoisotopic (exact) mass is 334 g/mol. The highest BCUT2D eigenvalue weighted by molar-refractivity contribution is 7.09. The molecule has 1 aromatic carbocycles. The van der Waals surface area contributed by atoms with Gasteiger partial charge >= 0.3 is 0 Å². The number of aromatic nitrogens is 1. The molecule has 1 fully saturated rings. The molecule has 6 heteroatoms. The number of nitrogens with zero attached hydrogens (tertiary/aromatic N) is 1. The number of aliphatic hydroxyl groups excluding tert-OH is 1. The van der Waals surface area contributed by atoms with Crippen molar-refractivity contribution in [1.82, 2.24) is 10.3 Å². The van der Waals surface area contributed by atoms with E-state index in [0.717, 1.165) is 11.3 Å². The Balaban J connectivity index is 1.54. The zero-order chi connectivity index (χ0) is 16.2. The Kier molecular flexibility index (Phi) is 5.15. The van der Waals surface area contributed by atoms with Crippen molar-refractivity contribution < 1.29 is 14.6 Å². The molecule has 3 rings (SSSR count). The third-order valence-electron chi connectivity index (χ3n) is 3.90. The summed E-state index contributed by atoms with van der Waals surface area (Å²) in [5.41, 5.74) is 1.82. The first-order valence-corrected chi connectivity index (χ1v) is 8.63. The Morgan fingerprint density at radius 2 is 1.96 bits per heavy atom. The number of aliphatic hydroxyl groups is 1. The van der Waals surface area contributed by atoms with Crippen molar-refractivity contribution in [3.05, 3.63) is 39.8 Å². The maximum absolute atomic E-state index is 10.4. The normalized spacial score (nSPS) is 15.4. The Morgan fingerprint density at radius 1 is 1.26 bits per heavy atom. The molecule has 1 heterocycles. The number of rotatable bonds is 8. The van der Waals surface area contributed by atoms with Crippen molar-refractivity contribution in [3.8, 4) is 11.5 Å². The van der Waals surface area contributed by atoms with Crippen molar-refractivity contribution in [1.29, 1.82) is 0 Å². The predicted molar refractivity (Wildman–Crippen MR) is 90.3 cm³/mol. The molecule has 1 aliphatic rings. The first kappa shape index (κ1) is 16.2. The highest BCUT2D eigenvalue weighted by Gasteiger charge is 2.26. The van der Waals surface area contributed by atoms with Gasteiger partial charge in [-0.25, -0.2) is 4.98 Å². The van der Waals surface area contributed by atoms with E-state index >= 15 is 0 Å². The van der Waals surface area contributed by atoms with Crippen LogP contribution in [0.1, 0.15) is 41.1 Å². The molecule has 2 N–H and O–H groups in total. The van der Waals surface area contributed by atoms with Gasteiger partial charge in [-0.3, -0.25) is 0 Å². The lowest BCUT2D eigenvalue weighted by Crippen LogP contribution is -2.21. The summed E-state index contributed by atoms with van der Waals surface area (Å²) in [5.74, 6) is 2.04. The second-order valence-corrected chi connectivity index (χ2v) is 6.63. The number of nitrogens with one attached hydrogen (secondary N) is 1. The van der Waals surface area contributed by atoms with Crippen molar-refractivity contribution in [2.75, 3.05) is 20.8 Å². The summed E-state index contributed by atoms with van der Waals surface area (Å²) in [6.07, 6.45) is 1.92. The minimum atomic E-state index is -0.625. The van der Waals surface area contributed by atoms with E-state index in [2.05, 4.69) is 15.7 Å². The fraction of sp³-hybridized carbons (Fsp3) is 0.471. The standard InChI is InChI=1S/C17H22N2O3S/c1-21-14-5-12(6-15(7-14)22-2)16(20)9-18-8-13-10-23-17(19-13)11-3-4-11/h5-7,10-11,16,18,20H,3-4,8-9H2,1-2H3. The van der Waals surface area contributed by atoms with Gasteiger partial charge in [-0.15, -0.1) is 11.3 Å². The highest BCUT2D eigenvalue weighted by atomic mass is 32.1. The van der Waals surface area contributed by atoms with Crippen molar-refractivity contribution >= 4 is 11.3 Å². The van der Waals surface area contributed by atoms with Gasteiger partial charge in [0, 0.05) is 30.5 Å². The van der Waals surface area contributed by atoms with Gasteiger partial charge in [0.25, 0.3) is 0 Å². The average molecular weight is 334 g/mol. The second kappa shape index (κ2) is 7.29. The molecule has 1 saturated carbocycles. The van der Waals surface area contributed by atoms with Crippen LogP contribution in [-0.4, -0.2) is 30.9 Å². The van der Waals surface area contributed by atoms with Crippen LogP contribution in [0.3, 0.4) is 0 Å². The van der Waals surface area contributed by atoms with Crippen molar-refractivity contribution in [2.24, 2.45) is 0 Å². The van der Waals surface area contributed by atoms with Crippen LogP contribution >= 0.6 is 11.3 Å². The van der Waals surface area contributed by atoms with Crippen LogP contribution in [0.4, 0.5) is 0 Å². The summed E-state index contributed by atoms with van der Waals surface area (Å²) < 4.78 is 10.5. The van der Waals surface area contributed by atoms with Crippen LogP contribution in [0.15, 0.2) is 23.6 Å². The number of hydrogen-bond acceptors (Lipinski definition) is 6. The molecule has 1 atom stereocenters. The van der Waals surface area contributed by atoms with Crippen molar-refractivity contribution in [3.63, 3.8) is 0 Å². The van der Waals surface area contributed by atoms with Crippen LogP contribution in [-0.2, 0) is 6.54 Å². The summed E-state index contributed by atoms with van der Waals surface area (Å²) in [5, 5.41) is 17.0.